The number of nitro groups is 1. The molecule has 6 nitrogen and oxygen atoms in total. The minimum absolute atomic E-state index is 0.0260. The van der Waals surface area contributed by atoms with Crippen LogP contribution in [0.3, 0.4) is 0 Å². The number of aromatic nitrogens is 1. The fourth-order valence-corrected chi connectivity index (χ4v) is 3.37. The van der Waals surface area contributed by atoms with Crippen molar-refractivity contribution in [1.29, 1.82) is 5.26 Å². The summed E-state index contributed by atoms with van der Waals surface area (Å²) in [5, 5.41) is 19.5. The second-order valence-electron chi connectivity index (χ2n) is 5.85. The largest absolute Gasteiger partial charge is 0.357 e. The highest BCUT2D eigenvalue weighted by Crippen LogP contribution is 2.52. The van der Waals surface area contributed by atoms with E-state index in [2.05, 4.69) is 16.0 Å². The fourth-order valence-electron chi connectivity index (χ4n) is 3.37. The topological polar surface area (TPSA) is 83.1 Å². The van der Waals surface area contributed by atoms with Gasteiger partial charge < -0.3 is 4.90 Å². The average Bonchev–Trinajstić information content (AvgIpc) is 2.45. The van der Waals surface area contributed by atoms with Gasteiger partial charge in [0, 0.05) is 25.1 Å². The zero-order valence-corrected chi connectivity index (χ0v) is 11.2. The van der Waals surface area contributed by atoms with Crippen LogP contribution in [0.4, 0.5) is 11.5 Å². The van der Waals surface area contributed by atoms with E-state index >= 15 is 0 Å². The molecular formula is C14H16N4O2. The average molecular weight is 272 g/mol. The molecule has 0 atom stereocenters. The molecule has 0 bridgehead atoms. The van der Waals surface area contributed by atoms with E-state index in [0.29, 0.717) is 5.41 Å². The monoisotopic (exact) mass is 272 g/mol. The number of nitriles is 1. The van der Waals surface area contributed by atoms with Gasteiger partial charge in [-0.3, -0.25) is 10.1 Å². The molecule has 1 saturated carbocycles. The number of hydrogen-bond acceptors (Lipinski definition) is 5. The molecule has 104 valence electrons. The van der Waals surface area contributed by atoms with Crippen LogP contribution in [-0.2, 0) is 0 Å². The van der Waals surface area contributed by atoms with Crippen molar-refractivity contribution in [2.75, 3.05) is 18.0 Å². The zero-order chi connectivity index (χ0) is 14.2. The van der Waals surface area contributed by atoms with Gasteiger partial charge in [-0.25, -0.2) is 4.98 Å². The standard InChI is InChI=1S/C14H16N4O2/c15-9-11-7-14(8-11)3-5-17(6-4-14)13-2-1-12(10-16-13)18(19)20/h1-2,10-11H,3-8H2. The molecular weight excluding hydrogens is 256 g/mol. The summed E-state index contributed by atoms with van der Waals surface area (Å²) in [7, 11) is 0. The quantitative estimate of drug-likeness (QED) is 0.610. The van der Waals surface area contributed by atoms with E-state index in [9.17, 15) is 10.1 Å². The predicted octanol–water partition coefficient (Wildman–Crippen LogP) is 2.51. The summed E-state index contributed by atoms with van der Waals surface area (Å²) in [6.07, 6.45) is 5.55. The molecule has 1 saturated heterocycles. The Hall–Kier alpha value is -2.16. The van der Waals surface area contributed by atoms with Gasteiger partial charge in [0.05, 0.1) is 11.0 Å². The first kappa shape index (κ1) is 12.9. The normalized spacial score (nSPS) is 21.2. The minimum atomic E-state index is -0.432. The van der Waals surface area contributed by atoms with Crippen molar-refractivity contribution in [3.8, 4) is 6.07 Å². The molecule has 1 aromatic heterocycles. The highest BCUT2D eigenvalue weighted by molar-refractivity contribution is 5.43. The second-order valence-corrected chi connectivity index (χ2v) is 5.85. The third kappa shape index (κ3) is 2.20. The highest BCUT2D eigenvalue weighted by atomic mass is 16.6. The number of nitrogens with zero attached hydrogens (tertiary/aromatic N) is 4. The Balaban J connectivity index is 1.61. The maximum Gasteiger partial charge on any atom is 0.287 e. The predicted molar refractivity (Wildman–Crippen MR) is 73.1 cm³/mol. The molecule has 20 heavy (non-hydrogen) atoms. The molecule has 1 aliphatic carbocycles. The Morgan fingerprint density at radius 1 is 1.40 bits per heavy atom. The van der Waals surface area contributed by atoms with Crippen LogP contribution in [0.5, 0.6) is 0 Å². The Morgan fingerprint density at radius 2 is 2.10 bits per heavy atom. The maximum atomic E-state index is 10.6. The summed E-state index contributed by atoms with van der Waals surface area (Å²) in [4.78, 5) is 16.5. The van der Waals surface area contributed by atoms with E-state index in [1.165, 1.54) is 12.3 Å². The second kappa shape index (κ2) is 4.75. The Kier molecular flexibility index (Phi) is 3.05. The van der Waals surface area contributed by atoms with Gasteiger partial charge in [-0.2, -0.15) is 5.26 Å². The molecule has 0 aromatic carbocycles. The van der Waals surface area contributed by atoms with E-state index in [1.54, 1.807) is 6.07 Å². The lowest BCUT2D eigenvalue weighted by atomic mass is 9.58. The van der Waals surface area contributed by atoms with E-state index in [-0.39, 0.29) is 11.6 Å². The zero-order valence-electron chi connectivity index (χ0n) is 11.2. The third-order valence-corrected chi connectivity index (χ3v) is 4.63. The first-order valence-corrected chi connectivity index (χ1v) is 6.87. The first-order chi connectivity index (χ1) is 9.62. The third-order valence-electron chi connectivity index (χ3n) is 4.63. The van der Waals surface area contributed by atoms with E-state index in [1.807, 2.05) is 0 Å². The van der Waals surface area contributed by atoms with Crippen molar-refractivity contribution in [2.45, 2.75) is 25.7 Å². The molecule has 2 heterocycles. The molecule has 0 radical (unpaired) electrons. The van der Waals surface area contributed by atoms with Crippen molar-refractivity contribution in [2.24, 2.45) is 11.3 Å². The van der Waals surface area contributed by atoms with Gasteiger partial charge in [0.15, 0.2) is 0 Å². The molecule has 1 aromatic rings. The number of anilines is 1. The van der Waals surface area contributed by atoms with E-state index in [0.717, 1.165) is 44.6 Å². The van der Waals surface area contributed by atoms with E-state index < -0.39 is 4.92 Å². The molecule has 1 aliphatic heterocycles. The van der Waals surface area contributed by atoms with Gasteiger partial charge in [-0.1, -0.05) is 0 Å². The highest BCUT2D eigenvalue weighted by Gasteiger charge is 2.45. The summed E-state index contributed by atoms with van der Waals surface area (Å²) in [5.74, 6) is 1.06. The molecule has 0 N–H and O–H groups in total. The first-order valence-electron chi connectivity index (χ1n) is 6.87. The van der Waals surface area contributed by atoms with Gasteiger partial charge in [0.2, 0.25) is 0 Å². The van der Waals surface area contributed by atoms with Crippen LogP contribution >= 0.6 is 0 Å². The van der Waals surface area contributed by atoms with Crippen LogP contribution in [0.15, 0.2) is 18.3 Å². The Bertz CT molecular complexity index is 548. The summed E-state index contributed by atoms with van der Waals surface area (Å²) in [5.41, 5.74) is 0.399. The lowest BCUT2D eigenvalue weighted by Gasteiger charge is -2.50. The van der Waals surface area contributed by atoms with Crippen LogP contribution in [0.1, 0.15) is 25.7 Å². The number of pyridine rings is 1. The SMILES string of the molecule is N#CC1CC2(CCN(c3ccc([N+](=O)[O-])cn3)CC2)C1. The molecule has 1 spiro atoms. The van der Waals surface area contributed by atoms with Crippen LogP contribution < -0.4 is 4.90 Å². The smallest absolute Gasteiger partial charge is 0.287 e. The van der Waals surface area contributed by atoms with Crippen molar-refractivity contribution < 1.29 is 4.92 Å². The van der Waals surface area contributed by atoms with Crippen molar-refractivity contribution in [3.63, 3.8) is 0 Å². The van der Waals surface area contributed by atoms with Crippen LogP contribution in [0.2, 0.25) is 0 Å². The fraction of sp³-hybridized carbons (Fsp3) is 0.571. The van der Waals surface area contributed by atoms with Gasteiger partial charge in [0.1, 0.15) is 12.0 Å². The molecule has 0 unspecified atom stereocenters. The molecule has 6 heteroatoms. The van der Waals surface area contributed by atoms with Crippen LogP contribution in [0.25, 0.3) is 0 Å². The van der Waals surface area contributed by atoms with Crippen LogP contribution in [-0.4, -0.2) is 23.0 Å². The Labute approximate surface area is 117 Å². The van der Waals surface area contributed by atoms with Gasteiger partial charge in [-0.05, 0) is 37.2 Å². The molecule has 2 fully saturated rings. The lowest BCUT2D eigenvalue weighted by molar-refractivity contribution is -0.385. The van der Waals surface area contributed by atoms with E-state index in [4.69, 9.17) is 5.26 Å². The Morgan fingerprint density at radius 3 is 2.60 bits per heavy atom. The van der Waals surface area contributed by atoms with Crippen molar-refractivity contribution >= 4 is 11.5 Å². The van der Waals surface area contributed by atoms with Gasteiger partial charge in [0.25, 0.3) is 5.69 Å². The van der Waals surface area contributed by atoms with Crippen molar-refractivity contribution in [1.82, 2.24) is 4.98 Å². The minimum Gasteiger partial charge on any atom is -0.357 e. The number of piperidine rings is 1. The molecule has 3 rings (SSSR count). The summed E-state index contributed by atoms with van der Waals surface area (Å²) >= 11 is 0. The number of hydrogen-bond donors (Lipinski definition) is 0. The molecule has 2 aliphatic rings. The summed E-state index contributed by atoms with van der Waals surface area (Å²) < 4.78 is 0. The van der Waals surface area contributed by atoms with Gasteiger partial charge in [-0.15, -0.1) is 0 Å². The summed E-state index contributed by atoms with van der Waals surface area (Å²) in [6.45, 7) is 1.84. The lowest BCUT2D eigenvalue weighted by Crippen LogP contribution is -2.47. The maximum absolute atomic E-state index is 10.6. The number of rotatable bonds is 2. The summed E-state index contributed by atoms with van der Waals surface area (Å²) in [6, 6.07) is 5.56. The van der Waals surface area contributed by atoms with Crippen molar-refractivity contribution in [3.05, 3.63) is 28.4 Å². The van der Waals surface area contributed by atoms with Crippen LogP contribution in [0, 0.1) is 32.8 Å². The van der Waals surface area contributed by atoms with Gasteiger partial charge >= 0.3 is 0 Å². The molecule has 0 amide bonds.